The minimum absolute atomic E-state index is 0.353. The van der Waals surface area contributed by atoms with E-state index in [2.05, 4.69) is 4.89 Å². The molecule has 0 saturated carbocycles. The van der Waals surface area contributed by atoms with Gasteiger partial charge in [0.25, 0.3) is 0 Å². The molecule has 1 saturated heterocycles. The van der Waals surface area contributed by atoms with Crippen LogP contribution < -0.4 is 0 Å². The summed E-state index contributed by atoms with van der Waals surface area (Å²) >= 11 is 0. The van der Waals surface area contributed by atoms with Crippen LogP contribution in [0.5, 0.6) is 0 Å². The smallest absolute Gasteiger partial charge is 0.330 e. The predicted octanol–water partition coefficient (Wildman–Crippen LogP) is 1.88. The molecule has 1 rings (SSSR count). The number of hydrogen-bond acceptors (Lipinski definition) is 5. The number of carbonyl (C=O) groups excluding carboxylic acids is 1. The van der Waals surface area contributed by atoms with Crippen LogP contribution in [0.2, 0.25) is 0 Å². The van der Waals surface area contributed by atoms with E-state index in [1.54, 1.807) is 13.0 Å². The fraction of sp³-hybridized carbons (Fsp3) is 0.727. The van der Waals surface area contributed by atoms with Crippen LogP contribution in [0.15, 0.2) is 12.2 Å². The van der Waals surface area contributed by atoms with Crippen LogP contribution in [-0.2, 0) is 19.2 Å². The van der Waals surface area contributed by atoms with Gasteiger partial charge in [0.05, 0.1) is 13.2 Å². The Balaban J connectivity index is 2.25. The molecule has 0 aromatic rings. The van der Waals surface area contributed by atoms with Crippen molar-refractivity contribution in [2.75, 3.05) is 13.2 Å². The van der Waals surface area contributed by atoms with Crippen LogP contribution in [0.1, 0.15) is 32.6 Å². The van der Waals surface area contributed by atoms with Crippen LogP contribution in [0, 0.1) is 0 Å². The average molecular weight is 230 g/mol. The molecule has 0 radical (unpaired) electrons. The lowest BCUT2D eigenvalue weighted by molar-refractivity contribution is -0.393. The Bertz CT molecular complexity index is 243. The van der Waals surface area contributed by atoms with Crippen molar-refractivity contribution in [1.29, 1.82) is 0 Å². The van der Waals surface area contributed by atoms with Crippen molar-refractivity contribution >= 4 is 5.97 Å². The summed E-state index contributed by atoms with van der Waals surface area (Å²) in [5.41, 5.74) is 0. The molecule has 0 aromatic carbocycles. The van der Waals surface area contributed by atoms with E-state index in [-0.39, 0.29) is 5.97 Å². The molecule has 16 heavy (non-hydrogen) atoms. The minimum atomic E-state index is -0.876. The minimum Gasteiger partial charge on any atom is -0.463 e. The van der Waals surface area contributed by atoms with Crippen LogP contribution in [0.3, 0.4) is 0 Å². The second-order valence-electron chi connectivity index (χ2n) is 3.65. The van der Waals surface area contributed by atoms with Gasteiger partial charge in [-0.1, -0.05) is 6.08 Å². The summed E-state index contributed by atoms with van der Waals surface area (Å²) in [6.45, 7) is 2.73. The molecule has 0 aliphatic carbocycles. The van der Waals surface area contributed by atoms with Crippen molar-refractivity contribution in [3.63, 3.8) is 0 Å². The van der Waals surface area contributed by atoms with E-state index in [4.69, 9.17) is 14.7 Å². The highest BCUT2D eigenvalue weighted by atomic mass is 17.1. The molecule has 0 bridgehead atoms. The molecule has 1 heterocycles. The van der Waals surface area contributed by atoms with E-state index in [9.17, 15) is 4.79 Å². The number of esters is 1. The van der Waals surface area contributed by atoms with Crippen molar-refractivity contribution in [3.05, 3.63) is 12.2 Å². The van der Waals surface area contributed by atoms with E-state index < -0.39 is 5.79 Å². The molecule has 5 heteroatoms. The van der Waals surface area contributed by atoms with Crippen molar-refractivity contribution in [2.24, 2.45) is 0 Å². The van der Waals surface area contributed by atoms with Gasteiger partial charge in [0.15, 0.2) is 0 Å². The highest BCUT2D eigenvalue weighted by molar-refractivity contribution is 5.81. The summed E-state index contributed by atoms with van der Waals surface area (Å²) in [6.07, 6.45) is 5.75. The molecule has 1 aliphatic heterocycles. The highest BCUT2D eigenvalue weighted by Gasteiger charge is 2.35. The summed E-state index contributed by atoms with van der Waals surface area (Å²) in [7, 11) is 0. The summed E-state index contributed by atoms with van der Waals surface area (Å²) in [5.74, 6) is -1.23. The maximum Gasteiger partial charge on any atom is 0.330 e. The van der Waals surface area contributed by atoms with Crippen molar-refractivity contribution in [3.8, 4) is 0 Å². The molecule has 1 aliphatic rings. The Morgan fingerprint density at radius 2 is 2.44 bits per heavy atom. The Labute approximate surface area is 94.9 Å². The van der Waals surface area contributed by atoms with E-state index in [0.29, 0.717) is 32.5 Å². The van der Waals surface area contributed by atoms with Crippen LogP contribution >= 0.6 is 0 Å². The van der Waals surface area contributed by atoms with Gasteiger partial charge < -0.3 is 9.47 Å². The van der Waals surface area contributed by atoms with Gasteiger partial charge >= 0.3 is 5.97 Å². The first-order valence-corrected chi connectivity index (χ1v) is 5.52. The second kappa shape index (κ2) is 6.62. The summed E-state index contributed by atoms with van der Waals surface area (Å²) in [6, 6.07) is 0. The highest BCUT2D eigenvalue weighted by Crippen LogP contribution is 2.30. The second-order valence-corrected chi connectivity index (χ2v) is 3.65. The first-order chi connectivity index (χ1) is 7.72. The summed E-state index contributed by atoms with van der Waals surface area (Å²) < 4.78 is 10.0. The third kappa shape index (κ3) is 3.92. The lowest BCUT2D eigenvalue weighted by Gasteiger charge is -2.23. The van der Waals surface area contributed by atoms with Crippen LogP contribution in [-0.4, -0.2) is 30.2 Å². The van der Waals surface area contributed by atoms with Crippen molar-refractivity contribution in [2.45, 2.75) is 38.4 Å². The van der Waals surface area contributed by atoms with E-state index in [1.807, 2.05) is 0 Å². The molecule has 0 aromatic heterocycles. The first kappa shape index (κ1) is 13.2. The third-order valence-electron chi connectivity index (χ3n) is 2.47. The Morgan fingerprint density at radius 3 is 3.00 bits per heavy atom. The van der Waals surface area contributed by atoms with Gasteiger partial charge in [0, 0.05) is 18.9 Å². The quantitative estimate of drug-likeness (QED) is 0.326. The fourth-order valence-corrected chi connectivity index (χ4v) is 1.66. The summed E-state index contributed by atoms with van der Waals surface area (Å²) in [5, 5.41) is 8.77. The van der Waals surface area contributed by atoms with Gasteiger partial charge in [0.1, 0.15) is 0 Å². The monoisotopic (exact) mass is 230 g/mol. The largest absolute Gasteiger partial charge is 0.463 e. The Hall–Kier alpha value is -0.910. The zero-order valence-electron chi connectivity index (χ0n) is 9.48. The maximum atomic E-state index is 11.0. The zero-order valence-corrected chi connectivity index (χ0v) is 9.48. The number of rotatable bonds is 6. The molecule has 1 fully saturated rings. The van der Waals surface area contributed by atoms with E-state index in [1.165, 1.54) is 6.08 Å². The molecular formula is C11H18O5. The van der Waals surface area contributed by atoms with Crippen LogP contribution in [0.25, 0.3) is 0 Å². The standard InChI is InChI=1S/C11H18O5/c1-2-14-10(12)6-3-4-7-11(16-13)8-5-9-15-11/h3,6,13H,2,4-5,7-9H2,1H3/b6-3+. The number of hydrogen-bond donors (Lipinski definition) is 1. The molecule has 1 unspecified atom stereocenters. The topological polar surface area (TPSA) is 65.0 Å². The third-order valence-corrected chi connectivity index (χ3v) is 2.47. The van der Waals surface area contributed by atoms with Gasteiger partial charge in [-0.2, -0.15) is 0 Å². The maximum absolute atomic E-state index is 11.0. The van der Waals surface area contributed by atoms with Crippen LogP contribution in [0.4, 0.5) is 0 Å². The molecule has 0 spiro atoms. The fourth-order valence-electron chi connectivity index (χ4n) is 1.66. The number of carbonyl (C=O) groups is 1. The molecule has 5 nitrogen and oxygen atoms in total. The van der Waals surface area contributed by atoms with Gasteiger partial charge in [-0.05, 0) is 19.8 Å². The molecule has 1 N–H and O–H groups in total. The predicted molar refractivity (Wildman–Crippen MR) is 56.6 cm³/mol. The Kier molecular flexibility index (Phi) is 5.45. The summed E-state index contributed by atoms with van der Waals surface area (Å²) in [4.78, 5) is 15.3. The van der Waals surface area contributed by atoms with Gasteiger partial charge in [0.2, 0.25) is 5.79 Å². The van der Waals surface area contributed by atoms with E-state index in [0.717, 1.165) is 6.42 Å². The lowest BCUT2D eigenvalue weighted by Crippen LogP contribution is -2.29. The number of allylic oxidation sites excluding steroid dienone is 1. The van der Waals surface area contributed by atoms with E-state index >= 15 is 0 Å². The van der Waals surface area contributed by atoms with Crippen molar-refractivity contribution in [1.82, 2.24) is 0 Å². The number of ether oxygens (including phenoxy) is 2. The molecule has 1 atom stereocenters. The molecule has 0 amide bonds. The van der Waals surface area contributed by atoms with Crippen molar-refractivity contribution < 1.29 is 24.4 Å². The van der Waals surface area contributed by atoms with Gasteiger partial charge in [-0.25, -0.2) is 14.9 Å². The normalized spacial score (nSPS) is 25.1. The Morgan fingerprint density at radius 1 is 1.62 bits per heavy atom. The molecular weight excluding hydrogens is 212 g/mol. The first-order valence-electron chi connectivity index (χ1n) is 5.52. The SMILES string of the molecule is CCOC(=O)/C=C/CCC1(OO)CCCO1. The lowest BCUT2D eigenvalue weighted by atomic mass is 10.1. The van der Waals surface area contributed by atoms with Gasteiger partial charge in [-0.15, -0.1) is 0 Å². The molecule has 92 valence electrons. The zero-order chi connectivity index (χ0) is 11.9. The average Bonchev–Trinajstić information content (AvgIpc) is 2.74. The van der Waals surface area contributed by atoms with Gasteiger partial charge in [-0.3, -0.25) is 0 Å².